The van der Waals surface area contributed by atoms with Gasteiger partial charge in [-0.2, -0.15) is 0 Å². The third-order valence-electron chi connectivity index (χ3n) is 4.36. The van der Waals surface area contributed by atoms with Crippen LogP contribution in [0.15, 0.2) is 47.4 Å². The number of aromatic nitrogens is 3. The molecule has 1 aliphatic heterocycles. The summed E-state index contributed by atoms with van der Waals surface area (Å²) in [5.74, 6) is 0.0677. The van der Waals surface area contributed by atoms with Gasteiger partial charge < -0.3 is 4.90 Å². The Morgan fingerprint density at radius 3 is 2.70 bits per heavy atom. The largest absolute Gasteiger partial charge is 0.345 e. The van der Waals surface area contributed by atoms with Crippen LogP contribution in [0.1, 0.15) is 18.0 Å². The molecule has 2 aromatic heterocycles. The second-order valence-corrected chi connectivity index (χ2v) is 5.91. The number of nitrogens with zero attached hydrogens (tertiary/aromatic N) is 3. The molecule has 0 radical (unpaired) electrons. The van der Waals surface area contributed by atoms with E-state index >= 15 is 0 Å². The Morgan fingerprint density at radius 2 is 2.00 bits per heavy atom. The molecule has 0 aliphatic carbocycles. The summed E-state index contributed by atoms with van der Waals surface area (Å²) in [6.07, 6.45) is 2.19. The van der Waals surface area contributed by atoms with Crippen molar-refractivity contribution in [1.82, 2.24) is 19.5 Å². The fraction of sp³-hybridized carbons (Fsp3) is 0.235. The summed E-state index contributed by atoms with van der Waals surface area (Å²) >= 11 is 0. The molecule has 1 aliphatic rings. The van der Waals surface area contributed by atoms with Crippen LogP contribution in [-0.4, -0.2) is 39.0 Å². The van der Waals surface area contributed by atoms with E-state index in [2.05, 4.69) is 10.1 Å². The number of hydrogen-bond acceptors (Lipinski definition) is 3. The van der Waals surface area contributed by atoms with Gasteiger partial charge >= 0.3 is 0 Å². The SMILES string of the molecule is CN1C[C@H](c2cc(=O)n3[nH]cc(-c4ccccc4)c3n2)CC1=O. The molecule has 1 aromatic carbocycles. The molecule has 0 unspecified atom stereocenters. The number of nitrogens with one attached hydrogen (secondary N) is 1. The molecule has 1 saturated heterocycles. The summed E-state index contributed by atoms with van der Waals surface area (Å²) in [7, 11) is 1.78. The predicted octanol–water partition coefficient (Wildman–Crippen LogP) is 1.64. The second kappa shape index (κ2) is 5.08. The highest BCUT2D eigenvalue weighted by molar-refractivity contribution is 5.80. The lowest BCUT2D eigenvalue weighted by molar-refractivity contribution is -0.126. The molecule has 4 rings (SSSR count). The van der Waals surface area contributed by atoms with Crippen molar-refractivity contribution in [2.75, 3.05) is 13.6 Å². The first-order valence-electron chi connectivity index (χ1n) is 7.54. The van der Waals surface area contributed by atoms with Crippen molar-refractivity contribution in [2.24, 2.45) is 0 Å². The monoisotopic (exact) mass is 308 g/mol. The maximum Gasteiger partial charge on any atom is 0.272 e. The number of likely N-dealkylation sites (N-methyl/N-ethyl adjacent to an activating group) is 1. The molecule has 23 heavy (non-hydrogen) atoms. The van der Waals surface area contributed by atoms with Crippen LogP contribution < -0.4 is 5.56 Å². The Kier molecular flexibility index (Phi) is 3.04. The molecule has 3 heterocycles. The molecule has 1 atom stereocenters. The first-order valence-corrected chi connectivity index (χ1v) is 7.54. The Bertz CT molecular complexity index is 942. The number of fused-ring (bicyclic) bond motifs is 1. The van der Waals surface area contributed by atoms with E-state index in [1.54, 1.807) is 18.1 Å². The lowest BCUT2D eigenvalue weighted by Crippen LogP contribution is -2.20. The predicted molar refractivity (Wildman–Crippen MR) is 86.2 cm³/mol. The zero-order valence-corrected chi connectivity index (χ0v) is 12.7. The first-order chi connectivity index (χ1) is 11.1. The van der Waals surface area contributed by atoms with Gasteiger partial charge in [0, 0.05) is 43.8 Å². The van der Waals surface area contributed by atoms with Gasteiger partial charge in [0.15, 0.2) is 5.65 Å². The smallest absolute Gasteiger partial charge is 0.272 e. The molecular weight excluding hydrogens is 292 g/mol. The quantitative estimate of drug-likeness (QED) is 0.782. The van der Waals surface area contributed by atoms with E-state index in [0.29, 0.717) is 24.3 Å². The minimum absolute atomic E-state index is 0.0243. The highest BCUT2D eigenvalue weighted by Gasteiger charge is 2.29. The minimum Gasteiger partial charge on any atom is -0.345 e. The van der Waals surface area contributed by atoms with Gasteiger partial charge in [0.2, 0.25) is 5.91 Å². The number of likely N-dealkylation sites (tertiary alicyclic amines) is 1. The molecular formula is C17H16N4O2. The Labute approximate surface area is 132 Å². The first kappa shape index (κ1) is 13.8. The van der Waals surface area contributed by atoms with Gasteiger partial charge in [-0.1, -0.05) is 30.3 Å². The van der Waals surface area contributed by atoms with Crippen molar-refractivity contribution < 1.29 is 4.79 Å². The van der Waals surface area contributed by atoms with E-state index in [1.165, 1.54) is 10.6 Å². The van der Waals surface area contributed by atoms with Crippen LogP contribution in [0.2, 0.25) is 0 Å². The molecule has 6 heteroatoms. The Balaban J connectivity index is 1.86. The topological polar surface area (TPSA) is 70.5 Å². The number of amides is 1. The molecule has 1 N–H and O–H groups in total. The van der Waals surface area contributed by atoms with E-state index in [4.69, 9.17) is 0 Å². The van der Waals surface area contributed by atoms with Crippen LogP contribution in [-0.2, 0) is 4.79 Å². The average molecular weight is 308 g/mol. The number of benzene rings is 1. The fourth-order valence-electron chi connectivity index (χ4n) is 3.10. The number of aromatic amines is 1. The minimum atomic E-state index is -0.158. The summed E-state index contributed by atoms with van der Waals surface area (Å²) in [6, 6.07) is 11.3. The van der Waals surface area contributed by atoms with Crippen molar-refractivity contribution in [3.05, 3.63) is 58.6 Å². The van der Waals surface area contributed by atoms with Crippen LogP contribution in [0.5, 0.6) is 0 Å². The fourth-order valence-corrected chi connectivity index (χ4v) is 3.10. The van der Waals surface area contributed by atoms with E-state index < -0.39 is 0 Å². The summed E-state index contributed by atoms with van der Waals surface area (Å²) in [5.41, 5.74) is 3.00. The van der Waals surface area contributed by atoms with Gasteiger partial charge in [-0.25, -0.2) is 9.50 Å². The van der Waals surface area contributed by atoms with Crippen molar-refractivity contribution in [2.45, 2.75) is 12.3 Å². The third-order valence-corrected chi connectivity index (χ3v) is 4.36. The van der Waals surface area contributed by atoms with Crippen molar-refractivity contribution in [3.63, 3.8) is 0 Å². The maximum atomic E-state index is 12.4. The van der Waals surface area contributed by atoms with Gasteiger partial charge in [0.05, 0.1) is 5.69 Å². The molecule has 0 bridgehead atoms. The number of rotatable bonds is 2. The number of H-pyrrole nitrogens is 1. The molecule has 3 aromatic rings. The Hall–Kier alpha value is -2.89. The van der Waals surface area contributed by atoms with E-state index in [0.717, 1.165) is 11.1 Å². The Morgan fingerprint density at radius 1 is 1.22 bits per heavy atom. The maximum absolute atomic E-state index is 12.4. The molecule has 1 fully saturated rings. The summed E-state index contributed by atoms with van der Waals surface area (Å²) in [5, 5.41) is 2.95. The lowest BCUT2D eigenvalue weighted by atomic mass is 10.0. The molecule has 1 amide bonds. The summed E-state index contributed by atoms with van der Waals surface area (Å²) < 4.78 is 1.44. The zero-order chi connectivity index (χ0) is 16.0. The average Bonchev–Trinajstić information content (AvgIpc) is 3.12. The van der Waals surface area contributed by atoms with Crippen LogP contribution in [0.3, 0.4) is 0 Å². The van der Waals surface area contributed by atoms with Gasteiger partial charge in [-0.05, 0) is 5.56 Å². The molecule has 0 saturated carbocycles. The van der Waals surface area contributed by atoms with E-state index in [-0.39, 0.29) is 17.4 Å². The van der Waals surface area contributed by atoms with Crippen LogP contribution in [0, 0.1) is 0 Å². The molecule has 0 spiro atoms. The number of carbonyl (C=O) groups excluding carboxylic acids is 1. The highest BCUT2D eigenvalue weighted by atomic mass is 16.2. The molecule has 6 nitrogen and oxygen atoms in total. The van der Waals surface area contributed by atoms with Gasteiger partial charge in [0.1, 0.15) is 0 Å². The summed E-state index contributed by atoms with van der Waals surface area (Å²) in [4.78, 5) is 30.5. The number of hydrogen-bond donors (Lipinski definition) is 1. The highest BCUT2D eigenvalue weighted by Crippen LogP contribution is 2.27. The third kappa shape index (κ3) is 2.23. The van der Waals surface area contributed by atoms with Gasteiger partial charge in [0.25, 0.3) is 5.56 Å². The van der Waals surface area contributed by atoms with Crippen molar-refractivity contribution in [3.8, 4) is 11.1 Å². The lowest BCUT2D eigenvalue weighted by Gasteiger charge is -2.10. The van der Waals surface area contributed by atoms with Crippen LogP contribution >= 0.6 is 0 Å². The van der Waals surface area contributed by atoms with Gasteiger partial charge in [-0.15, -0.1) is 0 Å². The van der Waals surface area contributed by atoms with Gasteiger partial charge in [-0.3, -0.25) is 14.7 Å². The van der Waals surface area contributed by atoms with Crippen LogP contribution in [0.4, 0.5) is 0 Å². The van der Waals surface area contributed by atoms with Crippen molar-refractivity contribution >= 4 is 11.6 Å². The molecule has 116 valence electrons. The number of carbonyl (C=O) groups is 1. The normalized spacial score (nSPS) is 18.0. The van der Waals surface area contributed by atoms with E-state index in [1.807, 2.05) is 30.3 Å². The van der Waals surface area contributed by atoms with Crippen LogP contribution in [0.25, 0.3) is 16.8 Å². The zero-order valence-electron chi connectivity index (χ0n) is 12.7. The second-order valence-electron chi connectivity index (χ2n) is 5.91. The summed E-state index contributed by atoms with van der Waals surface area (Å²) in [6.45, 7) is 0.604. The van der Waals surface area contributed by atoms with Crippen molar-refractivity contribution in [1.29, 1.82) is 0 Å². The van der Waals surface area contributed by atoms with E-state index in [9.17, 15) is 9.59 Å². The standard InChI is InChI=1S/C17H16N4O2/c1-20-10-12(7-15(20)22)14-8-16(23)21-17(19-14)13(9-18-21)11-5-3-2-4-6-11/h2-6,8-9,12,18H,7,10H2,1H3/t12-/m1/s1.